The highest BCUT2D eigenvalue weighted by Gasteiger charge is 2.06. The van der Waals surface area contributed by atoms with Gasteiger partial charge in [0.1, 0.15) is 0 Å². The van der Waals surface area contributed by atoms with Gasteiger partial charge in [0.15, 0.2) is 0 Å². The molecule has 6 heteroatoms. The van der Waals surface area contributed by atoms with Crippen LogP contribution in [0, 0.1) is 6.92 Å². The van der Waals surface area contributed by atoms with Gasteiger partial charge in [-0.05, 0) is 47.1 Å². The Bertz CT molecular complexity index is 638. The Morgan fingerprint density at radius 1 is 1.38 bits per heavy atom. The van der Waals surface area contributed by atoms with Crippen LogP contribution in [0.3, 0.4) is 0 Å². The van der Waals surface area contributed by atoms with Crippen molar-refractivity contribution in [1.82, 2.24) is 0 Å². The molecule has 3 nitrogen and oxygen atoms in total. The summed E-state index contributed by atoms with van der Waals surface area (Å²) >= 11 is 11.4. The van der Waals surface area contributed by atoms with E-state index in [9.17, 15) is 4.79 Å². The summed E-state index contributed by atoms with van der Waals surface area (Å²) in [7, 11) is 0. The molecule has 0 saturated heterocycles. The second-order valence-corrected chi connectivity index (χ2v) is 7.17. The highest BCUT2D eigenvalue weighted by atomic mass is 79.9. The molecular formula is C15H16BrClN2OS. The minimum Gasteiger partial charge on any atom is -0.379 e. The minimum absolute atomic E-state index is 0.0129. The Morgan fingerprint density at radius 3 is 2.76 bits per heavy atom. The van der Waals surface area contributed by atoms with Crippen molar-refractivity contribution in [2.24, 2.45) is 0 Å². The van der Waals surface area contributed by atoms with Crippen molar-refractivity contribution in [1.29, 1.82) is 0 Å². The average molecular weight is 388 g/mol. The molecule has 1 heterocycles. The zero-order valence-electron chi connectivity index (χ0n) is 11.8. The Kier molecular flexibility index (Phi) is 5.67. The lowest BCUT2D eigenvalue weighted by atomic mass is 10.2. The summed E-state index contributed by atoms with van der Waals surface area (Å²) in [5, 5.41) is 6.77. The smallest absolute Gasteiger partial charge is 0.224 e. The van der Waals surface area contributed by atoms with Gasteiger partial charge < -0.3 is 10.6 Å². The monoisotopic (exact) mass is 386 g/mol. The first-order valence-electron chi connectivity index (χ1n) is 6.57. The zero-order chi connectivity index (χ0) is 15.4. The van der Waals surface area contributed by atoms with Crippen LogP contribution in [-0.4, -0.2) is 5.91 Å². The second kappa shape index (κ2) is 7.29. The molecule has 0 aliphatic carbocycles. The van der Waals surface area contributed by atoms with E-state index in [1.165, 1.54) is 9.75 Å². The highest BCUT2D eigenvalue weighted by molar-refractivity contribution is 9.10. The molecule has 1 amide bonds. The Hall–Kier alpha value is -1.04. The predicted octanol–water partition coefficient (Wildman–Crippen LogP) is 5.43. The quantitative estimate of drug-likeness (QED) is 0.718. The molecule has 0 unspecified atom stereocenters. The van der Waals surface area contributed by atoms with E-state index in [4.69, 9.17) is 11.6 Å². The van der Waals surface area contributed by atoms with E-state index in [1.807, 2.05) is 13.0 Å². The largest absolute Gasteiger partial charge is 0.379 e. The average Bonchev–Trinajstić information content (AvgIpc) is 2.78. The number of carbonyl (C=O) groups is 1. The molecule has 2 rings (SSSR count). The Labute approximate surface area is 141 Å². The first-order valence-corrected chi connectivity index (χ1v) is 8.56. The predicted molar refractivity (Wildman–Crippen MR) is 94.5 cm³/mol. The number of thiophene rings is 1. The number of hydrogen-bond donors (Lipinski definition) is 2. The van der Waals surface area contributed by atoms with E-state index in [0.29, 0.717) is 18.0 Å². The molecule has 0 atom stereocenters. The van der Waals surface area contributed by atoms with Gasteiger partial charge in [0.2, 0.25) is 5.91 Å². The summed E-state index contributed by atoms with van der Waals surface area (Å²) in [6.07, 6.45) is 0.452. The van der Waals surface area contributed by atoms with Crippen LogP contribution in [0.1, 0.15) is 23.1 Å². The first kappa shape index (κ1) is 16.3. The molecular weight excluding hydrogens is 372 g/mol. The van der Waals surface area contributed by atoms with Gasteiger partial charge in [0.25, 0.3) is 0 Å². The molecule has 0 saturated carbocycles. The summed E-state index contributed by atoms with van der Waals surface area (Å²) in [4.78, 5) is 13.9. The molecule has 0 aliphatic heterocycles. The molecule has 2 N–H and O–H groups in total. The number of benzene rings is 1. The van der Waals surface area contributed by atoms with E-state index < -0.39 is 0 Å². The van der Waals surface area contributed by atoms with Crippen LogP contribution in [0.25, 0.3) is 0 Å². The van der Waals surface area contributed by atoms with Gasteiger partial charge in [-0.3, -0.25) is 4.79 Å². The Balaban J connectivity index is 2.08. The number of hydrogen-bond acceptors (Lipinski definition) is 3. The maximum atomic E-state index is 11.4. The van der Waals surface area contributed by atoms with Gasteiger partial charge >= 0.3 is 0 Å². The summed E-state index contributed by atoms with van der Waals surface area (Å²) in [6.45, 7) is 4.59. The fourth-order valence-corrected chi connectivity index (χ4v) is 3.50. The topological polar surface area (TPSA) is 41.1 Å². The van der Waals surface area contributed by atoms with Crippen LogP contribution in [0.5, 0.6) is 0 Å². The third-order valence-electron chi connectivity index (χ3n) is 2.93. The summed E-state index contributed by atoms with van der Waals surface area (Å²) < 4.78 is 1.12. The van der Waals surface area contributed by atoms with Gasteiger partial charge in [-0.15, -0.1) is 11.3 Å². The molecule has 2 aromatic rings. The number of halogens is 2. The number of nitrogens with one attached hydrogen (secondary N) is 2. The highest BCUT2D eigenvalue weighted by Crippen LogP contribution is 2.29. The normalized spacial score (nSPS) is 10.5. The Morgan fingerprint density at radius 2 is 2.14 bits per heavy atom. The third-order valence-corrected chi connectivity index (χ3v) is 5.40. The van der Waals surface area contributed by atoms with Crippen molar-refractivity contribution in [3.8, 4) is 0 Å². The van der Waals surface area contributed by atoms with E-state index in [-0.39, 0.29) is 5.91 Å². The van der Waals surface area contributed by atoms with Crippen LogP contribution >= 0.6 is 38.9 Å². The maximum absolute atomic E-state index is 11.4. The van der Waals surface area contributed by atoms with Crippen LogP contribution in [-0.2, 0) is 11.3 Å². The maximum Gasteiger partial charge on any atom is 0.224 e. The zero-order valence-corrected chi connectivity index (χ0v) is 15.0. The number of amides is 1. The molecule has 0 spiro atoms. The van der Waals surface area contributed by atoms with E-state index in [0.717, 1.165) is 15.8 Å². The van der Waals surface area contributed by atoms with Crippen LogP contribution in [0.15, 0.2) is 28.7 Å². The molecule has 0 bridgehead atoms. The second-order valence-electron chi connectivity index (χ2n) is 4.57. The number of carbonyl (C=O) groups excluding carboxylic acids is 1. The van der Waals surface area contributed by atoms with Gasteiger partial charge in [0, 0.05) is 32.9 Å². The fourth-order valence-electron chi connectivity index (χ4n) is 1.78. The van der Waals surface area contributed by atoms with E-state index in [2.05, 4.69) is 39.6 Å². The fraction of sp³-hybridized carbons (Fsp3) is 0.267. The van der Waals surface area contributed by atoms with Crippen LogP contribution < -0.4 is 10.6 Å². The van der Waals surface area contributed by atoms with Crippen molar-refractivity contribution < 1.29 is 4.79 Å². The van der Waals surface area contributed by atoms with Crippen molar-refractivity contribution in [3.63, 3.8) is 0 Å². The molecule has 1 aromatic heterocycles. The molecule has 0 fully saturated rings. The summed E-state index contributed by atoms with van der Waals surface area (Å²) in [6, 6.07) is 7.53. The van der Waals surface area contributed by atoms with Crippen molar-refractivity contribution in [2.45, 2.75) is 26.8 Å². The van der Waals surface area contributed by atoms with E-state index >= 15 is 0 Å². The van der Waals surface area contributed by atoms with E-state index in [1.54, 1.807) is 23.5 Å². The van der Waals surface area contributed by atoms with Crippen molar-refractivity contribution in [3.05, 3.63) is 43.5 Å². The SMILES string of the molecule is CCC(=O)Nc1ccc(Cl)c(NCc2cc(Br)c(C)s2)c1. The molecule has 21 heavy (non-hydrogen) atoms. The van der Waals surface area contributed by atoms with Crippen molar-refractivity contribution in [2.75, 3.05) is 10.6 Å². The lowest BCUT2D eigenvalue weighted by Crippen LogP contribution is -2.09. The van der Waals surface area contributed by atoms with Gasteiger partial charge in [0.05, 0.1) is 10.7 Å². The van der Waals surface area contributed by atoms with Crippen molar-refractivity contribution >= 4 is 56.1 Å². The molecule has 1 aromatic carbocycles. The number of anilines is 2. The van der Waals surface area contributed by atoms with Gasteiger partial charge in [-0.2, -0.15) is 0 Å². The summed E-state index contributed by atoms with van der Waals surface area (Å²) in [5.41, 5.74) is 1.56. The van der Waals surface area contributed by atoms with Gasteiger partial charge in [-0.25, -0.2) is 0 Å². The first-order chi connectivity index (χ1) is 9.99. The number of rotatable bonds is 5. The third kappa shape index (κ3) is 4.46. The lowest BCUT2D eigenvalue weighted by Gasteiger charge is -2.10. The van der Waals surface area contributed by atoms with Gasteiger partial charge in [-0.1, -0.05) is 18.5 Å². The molecule has 0 radical (unpaired) electrons. The molecule has 0 aliphatic rings. The number of aryl methyl sites for hydroxylation is 1. The van der Waals surface area contributed by atoms with Crippen LogP contribution in [0.2, 0.25) is 5.02 Å². The standard InChI is InChI=1S/C15H16BrClN2OS/c1-3-15(20)19-10-4-5-13(17)14(6-10)18-8-11-7-12(16)9(2)21-11/h4-7,18H,3,8H2,1-2H3,(H,19,20). The van der Waals surface area contributed by atoms with Crippen LogP contribution in [0.4, 0.5) is 11.4 Å². The molecule has 112 valence electrons. The minimum atomic E-state index is -0.0129. The summed E-state index contributed by atoms with van der Waals surface area (Å²) in [5.74, 6) is -0.0129. The lowest BCUT2D eigenvalue weighted by molar-refractivity contribution is -0.115.